The number of para-hydroxylation sites is 1. The molecule has 2 aliphatic heterocycles. The van der Waals surface area contributed by atoms with Gasteiger partial charge < -0.3 is 4.90 Å². The van der Waals surface area contributed by atoms with Crippen molar-refractivity contribution in [2.45, 2.75) is 15.2 Å². The monoisotopic (exact) mass is 446 g/mol. The molecule has 156 valence electrons. The van der Waals surface area contributed by atoms with E-state index in [1.54, 1.807) is 28.5 Å². The van der Waals surface area contributed by atoms with Gasteiger partial charge in [-0.3, -0.25) is 10.2 Å². The van der Waals surface area contributed by atoms with Crippen LogP contribution in [0.25, 0.3) is 0 Å². The van der Waals surface area contributed by atoms with Crippen LogP contribution in [0.5, 0.6) is 0 Å². The highest BCUT2D eigenvalue weighted by molar-refractivity contribution is 8.00. The minimum Gasteiger partial charge on any atom is -0.378 e. The maximum Gasteiger partial charge on any atom is 0.252 e. The first-order valence-electron chi connectivity index (χ1n) is 10.0. The van der Waals surface area contributed by atoms with E-state index < -0.39 is 0 Å². The summed E-state index contributed by atoms with van der Waals surface area (Å²) < 4.78 is 0. The Balaban J connectivity index is 1.51. The number of anilines is 1. The Hall–Kier alpha value is -2.90. The topological polar surface area (TPSA) is 47.9 Å². The first-order chi connectivity index (χ1) is 15.1. The number of amidine groups is 1. The van der Waals surface area contributed by atoms with Crippen LogP contribution in [0.1, 0.15) is 16.5 Å². The average molecular weight is 447 g/mol. The second kappa shape index (κ2) is 8.32. The van der Waals surface area contributed by atoms with Crippen LogP contribution in [0.2, 0.25) is 0 Å². The van der Waals surface area contributed by atoms with Crippen molar-refractivity contribution in [3.63, 3.8) is 0 Å². The zero-order valence-corrected chi connectivity index (χ0v) is 18.9. The number of nitrogens with one attached hydrogen (secondary N) is 1. The molecule has 31 heavy (non-hydrogen) atoms. The second-order valence-electron chi connectivity index (χ2n) is 7.55. The largest absolute Gasteiger partial charge is 0.378 e. The van der Waals surface area contributed by atoms with Crippen molar-refractivity contribution >= 4 is 46.6 Å². The van der Waals surface area contributed by atoms with E-state index in [2.05, 4.69) is 52.8 Å². The molecular weight excluding hydrogens is 424 g/mol. The molecule has 0 aliphatic carbocycles. The molecule has 0 bridgehead atoms. The summed E-state index contributed by atoms with van der Waals surface area (Å²) in [6, 6.07) is 24.6. The van der Waals surface area contributed by atoms with Crippen molar-refractivity contribution in [2.75, 3.05) is 24.7 Å². The van der Waals surface area contributed by atoms with Crippen molar-refractivity contribution in [3.05, 3.63) is 83.9 Å². The third-order valence-corrected chi connectivity index (χ3v) is 7.60. The smallest absolute Gasteiger partial charge is 0.252 e. The van der Waals surface area contributed by atoms with Crippen LogP contribution in [-0.2, 0) is 4.79 Å². The van der Waals surface area contributed by atoms with Gasteiger partial charge >= 0.3 is 0 Å². The highest BCUT2D eigenvalue weighted by Crippen LogP contribution is 2.41. The number of benzene rings is 3. The van der Waals surface area contributed by atoms with E-state index in [0.717, 1.165) is 32.3 Å². The fourth-order valence-corrected chi connectivity index (χ4v) is 5.75. The maximum absolute atomic E-state index is 12.8. The van der Waals surface area contributed by atoms with Gasteiger partial charge in [-0.05, 0) is 35.9 Å². The third-order valence-electron chi connectivity index (χ3n) is 5.25. The van der Waals surface area contributed by atoms with Crippen molar-refractivity contribution < 1.29 is 4.79 Å². The second-order valence-corrected chi connectivity index (χ2v) is 9.70. The quantitative estimate of drug-likeness (QED) is 0.608. The highest BCUT2D eigenvalue weighted by Gasteiger charge is 2.34. The molecule has 1 unspecified atom stereocenters. The summed E-state index contributed by atoms with van der Waals surface area (Å²) >= 11 is 3.33. The zero-order valence-electron chi connectivity index (χ0n) is 17.3. The Labute approximate surface area is 190 Å². The number of amides is 1. The summed E-state index contributed by atoms with van der Waals surface area (Å²) in [7, 11) is 4.04. The Morgan fingerprint density at radius 1 is 0.968 bits per heavy atom. The van der Waals surface area contributed by atoms with E-state index in [1.165, 1.54) is 0 Å². The summed E-state index contributed by atoms with van der Waals surface area (Å²) in [4.78, 5) is 22.0. The molecule has 0 radical (unpaired) electrons. The van der Waals surface area contributed by atoms with Crippen molar-refractivity contribution in [3.8, 4) is 0 Å². The number of rotatable bonds is 3. The van der Waals surface area contributed by atoms with Crippen LogP contribution >= 0.6 is 23.5 Å². The van der Waals surface area contributed by atoms with E-state index in [4.69, 9.17) is 4.99 Å². The molecule has 5 nitrogen and oxygen atoms in total. The lowest BCUT2D eigenvalue weighted by Crippen LogP contribution is -2.45. The lowest BCUT2D eigenvalue weighted by atomic mass is 10.2. The Kier molecular flexibility index (Phi) is 5.38. The number of hydrazine groups is 1. The van der Waals surface area contributed by atoms with Gasteiger partial charge in [0.15, 0.2) is 5.84 Å². The first kappa shape index (κ1) is 20.0. The molecule has 3 aromatic rings. The number of fused-ring (bicyclic) bond motifs is 2. The predicted molar refractivity (Wildman–Crippen MR) is 129 cm³/mol. The molecular formula is C24H22N4OS2. The van der Waals surface area contributed by atoms with Gasteiger partial charge in [0.2, 0.25) is 0 Å². The van der Waals surface area contributed by atoms with Gasteiger partial charge in [0.25, 0.3) is 5.91 Å². The van der Waals surface area contributed by atoms with Gasteiger partial charge in [0, 0.05) is 35.1 Å². The molecule has 1 atom stereocenters. The predicted octanol–water partition coefficient (Wildman–Crippen LogP) is 5.07. The minimum absolute atomic E-state index is 0.0528. The minimum atomic E-state index is -0.107. The summed E-state index contributed by atoms with van der Waals surface area (Å²) in [5, 5.41) is 1.62. The Bertz CT molecular complexity index is 1160. The van der Waals surface area contributed by atoms with Crippen LogP contribution in [-0.4, -0.2) is 36.6 Å². The first-order valence-corrected chi connectivity index (χ1v) is 11.9. The number of aliphatic imine (C=N–C) groups is 1. The van der Waals surface area contributed by atoms with E-state index in [0.29, 0.717) is 11.6 Å². The Morgan fingerprint density at radius 2 is 1.68 bits per heavy atom. The number of thioether (sulfide) groups is 1. The summed E-state index contributed by atoms with van der Waals surface area (Å²) in [5.74, 6) is 1.18. The molecule has 0 aromatic heterocycles. The van der Waals surface area contributed by atoms with E-state index >= 15 is 0 Å². The number of hydrogen-bond donors (Lipinski definition) is 1. The molecule has 1 N–H and O–H groups in total. The molecule has 1 fully saturated rings. The van der Waals surface area contributed by atoms with Gasteiger partial charge in [-0.15, -0.1) is 11.8 Å². The van der Waals surface area contributed by atoms with Crippen LogP contribution in [0, 0.1) is 0 Å². The standard InChI is InChI=1S/C24H22N4OS2/c1-27(2)17-13-11-16(12-14-17)24-28(22(29)15-30-24)26-23-18-7-3-5-9-20(18)31-21-10-6-4-8-19(21)25-23/h3-14,24H,15H2,1-2H3,(H,25,26). The number of carbonyl (C=O) groups excluding carboxylic acids is 1. The van der Waals surface area contributed by atoms with Crippen LogP contribution in [0.4, 0.5) is 11.4 Å². The van der Waals surface area contributed by atoms with Gasteiger partial charge in [0.05, 0.1) is 11.4 Å². The molecule has 5 rings (SSSR count). The molecule has 3 aromatic carbocycles. The molecule has 1 saturated heterocycles. The van der Waals surface area contributed by atoms with Gasteiger partial charge in [-0.1, -0.05) is 54.2 Å². The van der Waals surface area contributed by atoms with E-state index in [-0.39, 0.29) is 11.3 Å². The normalized spacial score (nSPS) is 17.5. The zero-order chi connectivity index (χ0) is 21.4. The van der Waals surface area contributed by atoms with Crippen LogP contribution in [0.15, 0.2) is 87.6 Å². The van der Waals surface area contributed by atoms with E-state index in [1.807, 2.05) is 44.4 Å². The lowest BCUT2D eigenvalue weighted by Gasteiger charge is -2.27. The molecule has 0 spiro atoms. The van der Waals surface area contributed by atoms with Crippen molar-refractivity contribution in [2.24, 2.45) is 4.99 Å². The van der Waals surface area contributed by atoms with Crippen LogP contribution < -0.4 is 10.3 Å². The molecule has 7 heteroatoms. The molecule has 2 aliphatic rings. The Morgan fingerprint density at radius 3 is 2.45 bits per heavy atom. The summed E-state index contributed by atoms with van der Waals surface area (Å²) in [6.45, 7) is 0. The van der Waals surface area contributed by atoms with Crippen LogP contribution in [0.3, 0.4) is 0 Å². The van der Waals surface area contributed by atoms with Gasteiger partial charge in [-0.2, -0.15) is 0 Å². The summed E-state index contributed by atoms with van der Waals surface area (Å²) in [5.41, 5.74) is 7.50. The summed E-state index contributed by atoms with van der Waals surface area (Å²) in [6.07, 6.45) is 0. The maximum atomic E-state index is 12.8. The fourth-order valence-electron chi connectivity index (χ4n) is 3.61. The third kappa shape index (κ3) is 3.91. The molecule has 0 saturated carbocycles. The molecule has 2 heterocycles. The number of nitrogens with zero attached hydrogens (tertiary/aromatic N) is 3. The van der Waals surface area contributed by atoms with Gasteiger partial charge in [0.1, 0.15) is 5.37 Å². The van der Waals surface area contributed by atoms with Gasteiger partial charge in [-0.25, -0.2) is 10.0 Å². The van der Waals surface area contributed by atoms with Crippen molar-refractivity contribution in [1.29, 1.82) is 0 Å². The number of carbonyl (C=O) groups is 1. The molecule has 1 amide bonds. The number of hydrogen-bond acceptors (Lipinski definition) is 6. The average Bonchev–Trinajstić information content (AvgIpc) is 3.06. The SMILES string of the molecule is CN(C)c1ccc(C2SCC(=O)N2NC2=Nc3ccccc3Sc3ccccc32)cc1. The highest BCUT2D eigenvalue weighted by atomic mass is 32.2. The lowest BCUT2D eigenvalue weighted by molar-refractivity contribution is -0.129. The van der Waals surface area contributed by atoms with E-state index in [9.17, 15) is 4.79 Å². The fraction of sp³-hybridized carbons (Fsp3) is 0.167. The van der Waals surface area contributed by atoms with Crippen molar-refractivity contribution in [1.82, 2.24) is 10.4 Å².